The molecule has 6 heteroatoms. The van der Waals surface area contributed by atoms with Gasteiger partial charge in [-0.1, -0.05) is 12.7 Å². The van der Waals surface area contributed by atoms with Crippen LogP contribution in [0.4, 0.5) is 8.78 Å². The monoisotopic (exact) mass is 314 g/mol. The van der Waals surface area contributed by atoms with E-state index in [2.05, 4.69) is 6.58 Å². The molecule has 0 bridgehead atoms. The molecular formula is C17H12F2N2O2. The minimum absolute atomic E-state index is 0.0194. The summed E-state index contributed by atoms with van der Waals surface area (Å²) in [6.07, 6.45) is 1.57. The molecule has 0 aliphatic heterocycles. The number of hydrogen-bond donors (Lipinski definition) is 1. The van der Waals surface area contributed by atoms with Crippen LogP contribution in [0.5, 0.6) is 11.5 Å². The van der Waals surface area contributed by atoms with Crippen molar-refractivity contribution in [1.82, 2.24) is 0 Å². The molecule has 0 amide bonds. The van der Waals surface area contributed by atoms with Gasteiger partial charge < -0.3 is 9.84 Å². The van der Waals surface area contributed by atoms with E-state index in [4.69, 9.17) is 20.4 Å². The number of halogens is 2. The van der Waals surface area contributed by atoms with Crippen LogP contribution in [0, 0.1) is 34.3 Å². The molecule has 1 N–H and O–H groups in total. The van der Waals surface area contributed by atoms with Crippen LogP contribution in [-0.2, 0) is 0 Å². The summed E-state index contributed by atoms with van der Waals surface area (Å²) < 4.78 is 30.5. The van der Waals surface area contributed by atoms with Crippen molar-refractivity contribution in [2.24, 2.45) is 0 Å². The number of benzene rings is 2. The van der Waals surface area contributed by atoms with Crippen molar-refractivity contribution in [3.8, 4) is 23.6 Å². The van der Waals surface area contributed by atoms with Gasteiger partial charge in [0.05, 0.1) is 11.1 Å². The summed E-state index contributed by atoms with van der Waals surface area (Å²) in [7, 11) is 0. The Kier molecular flexibility index (Phi) is 6.77. The highest BCUT2D eigenvalue weighted by atomic mass is 19.1. The van der Waals surface area contributed by atoms with Crippen LogP contribution in [0.3, 0.4) is 0 Å². The molecule has 2 rings (SSSR count). The van der Waals surface area contributed by atoms with E-state index in [9.17, 15) is 8.78 Å². The maximum Gasteiger partial charge on any atom is 0.144 e. The maximum absolute atomic E-state index is 12.9. The molecule has 0 unspecified atom stereocenters. The van der Waals surface area contributed by atoms with Crippen molar-refractivity contribution in [2.75, 3.05) is 6.61 Å². The SMILES string of the molecule is C=CCOc1ccc(C#N)c(F)c1.N#Cc1ccc(O)cc1F. The molecule has 0 spiro atoms. The number of aromatic hydroxyl groups is 1. The quantitative estimate of drug-likeness (QED) is 0.877. The van der Waals surface area contributed by atoms with E-state index >= 15 is 0 Å². The first kappa shape index (κ1) is 17.7. The van der Waals surface area contributed by atoms with E-state index in [1.54, 1.807) is 24.3 Å². The Labute approximate surface area is 132 Å². The van der Waals surface area contributed by atoms with Gasteiger partial charge in [-0.3, -0.25) is 0 Å². The number of hydrogen-bond acceptors (Lipinski definition) is 4. The lowest BCUT2D eigenvalue weighted by molar-refractivity contribution is 0.361. The van der Waals surface area contributed by atoms with Gasteiger partial charge in [-0.2, -0.15) is 10.5 Å². The zero-order valence-electron chi connectivity index (χ0n) is 12.0. The van der Waals surface area contributed by atoms with Crippen molar-refractivity contribution in [1.29, 1.82) is 10.5 Å². The van der Waals surface area contributed by atoms with Gasteiger partial charge in [-0.15, -0.1) is 0 Å². The van der Waals surface area contributed by atoms with Gasteiger partial charge in [0.15, 0.2) is 0 Å². The number of ether oxygens (including phenoxy) is 1. The van der Waals surface area contributed by atoms with Crippen LogP contribution in [0.25, 0.3) is 0 Å². The summed E-state index contributed by atoms with van der Waals surface area (Å²) in [6, 6.07) is 10.9. The highest BCUT2D eigenvalue weighted by molar-refractivity contribution is 5.36. The predicted octanol–water partition coefficient (Wildman–Crippen LogP) is 3.67. The fourth-order valence-electron chi connectivity index (χ4n) is 1.43. The van der Waals surface area contributed by atoms with Gasteiger partial charge in [0, 0.05) is 12.1 Å². The molecule has 0 fully saturated rings. The maximum atomic E-state index is 12.9. The summed E-state index contributed by atoms with van der Waals surface area (Å²) in [5.41, 5.74) is -0.0382. The predicted molar refractivity (Wildman–Crippen MR) is 79.6 cm³/mol. The summed E-state index contributed by atoms with van der Waals surface area (Å²) in [6.45, 7) is 3.79. The fraction of sp³-hybridized carbons (Fsp3) is 0.0588. The Hall–Kier alpha value is -3.38. The van der Waals surface area contributed by atoms with Gasteiger partial charge in [0.2, 0.25) is 0 Å². The second kappa shape index (κ2) is 8.81. The molecule has 0 aliphatic rings. The second-order valence-corrected chi connectivity index (χ2v) is 4.13. The van der Waals surface area contributed by atoms with Crippen LogP contribution in [-0.4, -0.2) is 11.7 Å². The molecule has 0 aromatic heterocycles. The molecule has 0 heterocycles. The normalized spacial score (nSPS) is 8.87. The Morgan fingerprint density at radius 3 is 2.09 bits per heavy atom. The van der Waals surface area contributed by atoms with E-state index in [1.807, 2.05) is 0 Å². The molecule has 2 aromatic carbocycles. The third-order valence-corrected chi connectivity index (χ3v) is 2.50. The van der Waals surface area contributed by atoms with Crippen LogP contribution in [0.1, 0.15) is 11.1 Å². The lowest BCUT2D eigenvalue weighted by Gasteiger charge is -2.02. The first-order valence-corrected chi connectivity index (χ1v) is 6.33. The first-order chi connectivity index (χ1) is 11.0. The minimum atomic E-state index is -0.692. The standard InChI is InChI=1S/C10H8FNO.C7H4FNO/c1-2-5-13-9-4-3-8(7-12)10(11)6-9;8-7-3-6(10)2-1-5(7)4-9/h2-4,6H,1,5H2;1-3,10H. The molecule has 0 atom stereocenters. The van der Waals surface area contributed by atoms with Crippen LogP contribution < -0.4 is 4.74 Å². The van der Waals surface area contributed by atoms with E-state index in [1.165, 1.54) is 24.3 Å². The number of nitriles is 2. The van der Waals surface area contributed by atoms with Gasteiger partial charge in [-0.25, -0.2) is 8.78 Å². The molecule has 4 nitrogen and oxygen atoms in total. The topological polar surface area (TPSA) is 77.0 Å². The van der Waals surface area contributed by atoms with Crippen LogP contribution in [0.2, 0.25) is 0 Å². The number of phenolic OH excluding ortho intramolecular Hbond substituents is 1. The van der Waals surface area contributed by atoms with Crippen LogP contribution in [0.15, 0.2) is 49.1 Å². The lowest BCUT2D eigenvalue weighted by Crippen LogP contribution is -1.94. The first-order valence-electron chi connectivity index (χ1n) is 6.33. The molecule has 116 valence electrons. The minimum Gasteiger partial charge on any atom is -0.508 e. The smallest absolute Gasteiger partial charge is 0.144 e. The molecule has 0 saturated carbocycles. The Balaban J connectivity index is 0.000000238. The number of phenols is 1. The second-order valence-electron chi connectivity index (χ2n) is 4.13. The lowest BCUT2D eigenvalue weighted by atomic mass is 10.2. The van der Waals surface area contributed by atoms with Gasteiger partial charge in [-0.05, 0) is 24.3 Å². The van der Waals surface area contributed by atoms with Crippen molar-refractivity contribution in [3.63, 3.8) is 0 Å². The summed E-state index contributed by atoms with van der Waals surface area (Å²) >= 11 is 0. The molecule has 23 heavy (non-hydrogen) atoms. The van der Waals surface area contributed by atoms with Gasteiger partial charge in [0.1, 0.15) is 41.9 Å². The fourth-order valence-corrected chi connectivity index (χ4v) is 1.43. The molecule has 2 aromatic rings. The Bertz CT molecular complexity index is 777. The largest absolute Gasteiger partial charge is 0.508 e. The van der Waals surface area contributed by atoms with E-state index in [0.717, 1.165) is 6.07 Å². The average Bonchev–Trinajstić information content (AvgIpc) is 2.54. The molecule has 0 radical (unpaired) electrons. The van der Waals surface area contributed by atoms with E-state index in [-0.39, 0.29) is 16.9 Å². The summed E-state index contributed by atoms with van der Waals surface area (Å²) in [4.78, 5) is 0. The van der Waals surface area contributed by atoms with Gasteiger partial charge >= 0.3 is 0 Å². The van der Waals surface area contributed by atoms with Crippen molar-refractivity contribution in [3.05, 3.63) is 71.8 Å². The highest BCUT2D eigenvalue weighted by Gasteiger charge is 2.02. The highest BCUT2D eigenvalue weighted by Crippen LogP contribution is 2.15. The van der Waals surface area contributed by atoms with Gasteiger partial charge in [0.25, 0.3) is 0 Å². The number of rotatable bonds is 3. The molecule has 0 saturated heterocycles. The van der Waals surface area contributed by atoms with E-state index < -0.39 is 11.6 Å². The van der Waals surface area contributed by atoms with Crippen LogP contribution >= 0.6 is 0 Å². The van der Waals surface area contributed by atoms with E-state index in [0.29, 0.717) is 12.4 Å². The van der Waals surface area contributed by atoms with Crippen molar-refractivity contribution < 1.29 is 18.6 Å². The average molecular weight is 314 g/mol. The Morgan fingerprint density at radius 2 is 1.61 bits per heavy atom. The third kappa shape index (κ3) is 5.49. The van der Waals surface area contributed by atoms with Crippen molar-refractivity contribution >= 4 is 0 Å². The summed E-state index contributed by atoms with van der Waals surface area (Å²) in [5, 5.41) is 25.4. The Morgan fingerprint density at radius 1 is 1.04 bits per heavy atom. The zero-order valence-corrected chi connectivity index (χ0v) is 12.0. The number of nitrogens with zero attached hydrogens (tertiary/aromatic N) is 2. The third-order valence-electron chi connectivity index (χ3n) is 2.50. The molecule has 0 aliphatic carbocycles. The van der Waals surface area contributed by atoms with Crippen molar-refractivity contribution in [2.45, 2.75) is 0 Å². The molecular weight excluding hydrogens is 302 g/mol. The summed E-state index contributed by atoms with van der Waals surface area (Å²) in [5.74, 6) is -1.03. The zero-order chi connectivity index (χ0) is 17.2.